The van der Waals surface area contributed by atoms with Gasteiger partial charge < -0.3 is 4.74 Å². The molecule has 1 rings (SSSR count). The molecule has 0 aliphatic carbocycles. The minimum atomic E-state index is -3.85. The van der Waals surface area contributed by atoms with Gasteiger partial charge in [0.15, 0.2) is 11.5 Å². The first kappa shape index (κ1) is 15.3. The molecule has 1 aromatic rings. The van der Waals surface area contributed by atoms with Crippen molar-refractivity contribution in [3.8, 4) is 0 Å². The van der Waals surface area contributed by atoms with Crippen molar-refractivity contribution in [1.82, 2.24) is 4.72 Å². The monoisotopic (exact) mass is 285 g/mol. The van der Waals surface area contributed by atoms with Crippen LogP contribution in [-0.4, -0.2) is 39.1 Å². The van der Waals surface area contributed by atoms with E-state index in [0.717, 1.165) is 0 Å². The first-order valence-electron chi connectivity index (χ1n) is 5.66. The Hall–Kier alpha value is -1.73. The normalized spacial score (nSPS) is 11.0. The second kappa shape index (κ2) is 7.01. The van der Waals surface area contributed by atoms with Gasteiger partial charge in [0, 0.05) is 5.56 Å². The van der Waals surface area contributed by atoms with Crippen molar-refractivity contribution < 1.29 is 22.7 Å². The van der Waals surface area contributed by atoms with Crippen molar-refractivity contribution in [3.05, 3.63) is 35.9 Å². The van der Waals surface area contributed by atoms with Crippen molar-refractivity contribution in [2.24, 2.45) is 0 Å². The molecule has 0 radical (unpaired) electrons. The van der Waals surface area contributed by atoms with Gasteiger partial charge in [-0.1, -0.05) is 30.3 Å². The highest BCUT2D eigenvalue weighted by Crippen LogP contribution is 1.99. The lowest BCUT2D eigenvalue weighted by molar-refractivity contribution is -0.139. The van der Waals surface area contributed by atoms with Crippen LogP contribution in [0.3, 0.4) is 0 Å². The number of hydrogen-bond acceptors (Lipinski definition) is 5. The summed E-state index contributed by atoms with van der Waals surface area (Å²) in [4.78, 5) is 22.7. The van der Waals surface area contributed by atoms with Crippen molar-refractivity contribution in [3.63, 3.8) is 0 Å². The summed E-state index contributed by atoms with van der Waals surface area (Å²) in [6, 6.07) is 8.28. The summed E-state index contributed by atoms with van der Waals surface area (Å²) in [5.41, 5.74) is 0.404. The van der Waals surface area contributed by atoms with Gasteiger partial charge in [-0.15, -0.1) is 0 Å². The van der Waals surface area contributed by atoms with E-state index in [-0.39, 0.29) is 18.9 Å². The Morgan fingerprint density at radius 1 is 1.21 bits per heavy atom. The summed E-state index contributed by atoms with van der Waals surface area (Å²) in [5, 5.41) is 0. The molecular weight excluding hydrogens is 270 g/mol. The van der Waals surface area contributed by atoms with E-state index in [9.17, 15) is 18.0 Å². The fraction of sp³-hybridized carbons (Fsp3) is 0.333. The maximum absolute atomic E-state index is 11.7. The lowest BCUT2D eigenvalue weighted by Gasteiger charge is -2.05. The molecule has 0 spiro atoms. The number of benzene rings is 1. The number of ketones is 1. The number of ether oxygens (including phenoxy) is 1. The minimum Gasteiger partial charge on any atom is -0.465 e. The number of carbonyl (C=O) groups is 2. The zero-order valence-electron chi connectivity index (χ0n) is 10.5. The molecule has 0 aromatic heterocycles. The second-order valence-electron chi connectivity index (χ2n) is 3.67. The van der Waals surface area contributed by atoms with E-state index < -0.39 is 21.7 Å². The fourth-order valence-corrected chi connectivity index (χ4v) is 2.16. The molecule has 0 atom stereocenters. The molecule has 104 valence electrons. The molecule has 1 N–H and O–H groups in total. The number of hydrogen-bond donors (Lipinski definition) is 1. The predicted octanol–water partition coefficient (Wildman–Crippen LogP) is 0.352. The summed E-state index contributed by atoms with van der Waals surface area (Å²) in [7, 11) is -3.85. The van der Waals surface area contributed by atoms with Gasteiger partial charge in [-0.3, -0.25) is 9.59 Å². The standard InChI is InChI=1S/C12H15NO5S/c1-2-18-12(15)9-19(16,17)13-8-11(14)10-6-4-3-5-7-10/h3-7,13H,2,8-9H2,1H3. The quantitative estimate of drug-likeness (QED) is 0.577. The van der Waals surface area contributed by atoms with E-state index in [4.69, 9.17) is 0 Å². The Morgan fingerprint density at radius 2 is 1.84 bits per heavy atom. The molecule has 0 unspecified atom stereocenters. The van der Waals surface area contributed by atoms with Crippen LogP contribution in [0.1, 0.15) is 17.3 Å². The Labute approximate surface area is 111 Å². The molecule has 1 aromatic carbocycles. The molecule has 0 aliphatic heterocycles. The van der Waals surface area contributed by atoms with Crippen molar-refractivity contribution in [2.75, 3.05) is 18.9 Å². The highest BCUT2D eigenvalue weighted by atomic mass is 32.2. The Balaban J connectivity index is 2.52. The molecule has 7 heteroatoms. The summed E-state index contributed by atoms with van der Waals surface area (Å²) < 4.78 is 29.6. The Kier molecular flexibility index (Phi) is 5.65. The summed E-state index contributed by atoms with van der Waals surface area (Å²) >= 11 is 0. The minimum absolute atomic E-state index is 0.108. The van der Waals surface area contributed by atoms with Crippen LogP contribution in [-0.2, 0) is 19.6 Å². The third kappa shape index (κ3) is 5.62. The summed E-state index contributed by atoms with van der Waals surface area (Å²) in [5.74, 6) is -2.00. The third-order valence-corrected chi connectivity index (χ3v) is 3.36. The van der Waals surface area contributed by atoms with Gasteiger partial charge in [0.2, 0.25) is 10.0 Å². The molecule has 6 nitrogen and oxygen atoms in total. The van der Waals surface area contributed by atoms with E-state index in [1.165, 1.54) is 0 Å². The van der Waals surface area contributed by atoms with E-state index in [0.29, 0.717) is 5.56 Å². The van der Waals surface area contributed by atoms with Gasteiger partial charge >= 0.3 is 5.97 Å². The van der Waals surface area contributed by atoms with E-state index in [2.05, 4.69) is 9.46 Å². The smallest absolute Gasteiger partial charge is 0.322 e. The number of Topliss-reactive ketones (excluding diaryl/α,β-unsaturated/α-hetero) is 1. The average molecular weight is 285 g/mol. The van der Waals surface area contributed by atoms with Gasteiger partial charge in [0.25, 0.3) is 0 Å². The van der Waals surface area contributed by atoms with E-state index in [1.54, 1.807) is 37.3 Å². The maximum Gasteiger partial charge on any atom is 0.322 e. The van der Waals surface area contributed by atoms with E-state index >= 15 is 0 Å². The van der Waals surface area contributed by atoms with Crippen LogP contribution in [0.4, 0.5) is 0 Å². The van der Waals surface area contributed by atoms with Gasteiger partial charge in [0.05, 0.1) is 13.2 Å². The third-order valence-electron chi connectivity index (χ3n) is 2.16. The van der Waals surface area contributed by atoms with E-state index in [1.807, 2.05) is 0 Å². The molecule has 19 heavy (non-hydrogen) atoms. The van der Waals surface area contributed by atoms with Crippen LogP contribution >= 0.6 is 0 Å². The van der Waals surface area contributed by atoms with Crippen LogP contribution in [0.5, 0.6) is 0 Å². The Bertz CT molecular complexity index is 538. The highest BCUT2D eigenvalue weighted by Gasteiger charge is 2.18. The number of nitrogens with one attached hydrogen (secondary N) is 1. The first-order valence-corrected chi connectivity index (χ1v) is 7.31. The zero-order valence-corrected chi connectivity index (χ0v) is 11.3. The highest BCUT2D eigenvalue weighted by molar-refractivity contribution is 7.90. The van der Waals surface area contributed by atoms with Crippen LogP contribution < -0.4 is 4.72 Å². The average Bonchev–Trinajstić information content (AvgIpc) is 2.37. The molecule has 0 saturated heterocycles. The molecule has 0 bridgehead atoms. The summed E-state index contributed by atoms with van der Waals surface area (Å²) in [6.45, 7) is 1.31. The molecule has 0 fully saturated rings. The predicted molar refractivity (Wildman–Crippen MR) is 69.2 cm³/mol. The maximum atomic E-state index is 11.7. The topological polar surface area (TPSA) is 89.5 Å². The van der Waals surface area contributed by atoms with Crippen LogP contribution in [0.2, 0.25) is 0 Å². The van der Waals surface area contributed by atoms with Gasteiger partial charge in [-0.2, -0.15) is 0 Å². The molecule has 0 aliphatic rings. The van der Waals surface area contributed by atoms with Gasteiger partial charge in [-0.05, 0) is 6.92 Å². The number of esters is 1. The summed E-state index contributed by atoms with van der Waals surface area (Å²) in [6.07, 6.45) is 0. The van der Waals surface area contributed by atoms with Gasteiger partial charge in [-0.25, -0.2) is 13.1 Å². The second-order valence-corrected chi connectivity index (χ2v) is 5.48. The number of carbonyl (C=O) groups excluding carboxylic acids is 2. The van der Waals surface area contributed by atoms with Gasteiger partial charge in [0.1, 0.15) is 0 Å². The largest absolute Gasteiger partial charge is 0.465 e. The lowest BCUT2D eigenvalue weighted by atomic mass is 10.1. The van der Waals surface area contributed by atoms with Crippen LogP contribution in [0.15, 0.2) is 30.3 Å². The number of sulfonamides is 1. The lowest BCUT2D eigenvalue weighted by Crippen LogP contribution is -2.34. The molecular formula is C12H15NO5S. The van der Waals surface area contributed by atoms with Crippen LogP contribution in [0, 0.1) is 0 Å². The molecule has 0 saturated carbocycles. The Morgan fingerprint density at radius 3 is 2.42 bits per heavy atom. The number of rotatable bonds is 7. The van der Waals surface area contributed by atoms with Crippen molar-refractivity contribution in [1.29, 1.82) is 0 Å². The molecule has 0 amide bonds. The SMILES string of the molecule is CCOC(=O)CS(=O)(=O)NCC(=O)c1ccccc1. The molecule has 0 heterocycles. The zero-order chi connectivity index (χ0) is 14.3. The van der Waals surface area contributed by atoms with Crippen LogP contribution in [0.25, 0.3) is 0 Å². The fourth-order valence-electron chi connectivity index (χ4n) is 1.31. The first-order chi connectivity index (χ1) is 8.94. The van der Waals surface area contributed by atoms with Crippen molar-refractivity contribution >= 4 is 21.8 Å². The van der Waals surface area contributed by atoms with Crippen molar-refractivity contribution in [2.45, 2.75) is 6.92 Å².